The third-order valence-corrected chi connectivity index (χ3v) is 4.51. The third kappa shape index (κ3) is 3.86. The lowest BCUT2D eigenvalue weighted by Gasteiger charge is -2.26. The minimum absolute atomic E-state index is 0.127. The summed E-state index contributed by atoms with van der Waals surface area (Å²) in [6.07, 6.45) is 0.814. The Bertz CT molecular complexity index is 458. The number of nitrogens with zero attached hydrogens (tertiary/aromatic N) is 2. The van der Waals surface area contributed by atoms with Gasteiger partial charge in [-0.2, -0.15) is 0 Å². The highest BCUT2D eigenvalue weighted by Crippen LogP contribution is 2.25. The summed E-state index contributed by atoms with van der Waals surface area (Å²) < 4.78 is 0. The molecular formula is C14H22N2O2S. The Balaban J connectivity index is 1.92. The van der Waals surface area contributed by atoms with E-state index in [1.165, 1.54) is 16.9 Å². The predicted octanol–water partition coefficient (Wildman–Crippen LogP) is 1.45. The SMILES string of the molecule is CC(=O)c1cc(CN2CC[C@](O)(CN(C)C)C2)cs1. The van der Waals surface area contributed by atoms with Crippen LogP contribution in [0.5, 0.6) is 0 Å². The summed E-state index contributed by atoms with van der Waals surface area (Å²) >= 11 is 1.50. The van der Waals surface area contributed by atoms with Crippen molar-refractivity contribution >= 4 is 17.1 Å². The topological polar surface area (TPSA) is 43.8 Å². The van der Waals surface area contributed by atoms with Crippen LogP contribution >= 0.6 is 11.3 Å². The van der Waals surface area contributed by atoms with Gasteiger partial charge in [0.2, 0.25) is 0 Å². The van der Waals surface area contributed by atoms with E-state index in [1.54, 1.807) is 6.92 Å². The van der Waals surface area contributed by atoms with Crippen molar-refractivity contribution < 1.29 is 9.90 Å². The van der Waals surface area contributed by atoms with Gasteiger partial charge in [-0.25, -0.2) is 0 Å². The van der Waals surface area contributed by atoms with Crippen LogP contribution in [-0.4, -0.2) is 60.0 Å². The molecule has 1 aromatic rings. The molecule has 0 radical (unpaired) electrons. The Labute approximate surface area is 118 Å². The number of carbonyl (C=O) groups excluding carboxylic acids is 1. The normalized spacial score (nSPS) is 24.3. The summed E-state index contributed by atoms with van der Waals surface area (Å²) in [4.78, 5) is 16.4. The van der Waals surface area contributed by atoms with Gasteiger partial charge in [-0.1, -0.05) is 0 Å². The lowest BCUT2D eigenvalue weighted by atomic mass is 10.0. The maximum Gasteiger partial charge on any atom is 0.169 e. The molecule has 1 aliphatic heterocycles. The first-order valence-corrected chi connectivity index (χ1v) is 7.44. The van der Waals surface area contributed by atoms with Crippen molar-refractivity contribution in [1.82, 2.24) is 9.80 Å². The second-order valence-electron chi connectivity index (χ2n) is 5.80. The molecule has 106 valence electrons. The first-order valence-electron chi connectivity index (χ1n) is 6.56. The molecule has 1 N–H and O–H groups in total. The summed E-state index contributed by atoms with van der Waals surface area (Å²) in [5, 5.41) is 12.5. The molecule has 1 atom stereocenters. The number of hydrogen-bond acceptors (Lipinski definition) is 5. The smallest absolute Gasteiger partial charge is 0.169 e. The van der Waals surface area contributed by atoms with Gasteiger partial charge < -0.3 is 10.0 Å². The Kier molecular flexibility index (Phi) is 4.40. The highest BCUT2D eigenvalue weighted by molar-refractivity contribution is 7.12. The van der Waals surface area contributed by atoms with Gasteiger partial charge in [0.1, 0.15) is 0 Å². The van der Waals surface area contributed by atoms with Crippen LogP contribution in [0, 0.1) is 0 Å². The minimum atomic E-state index is -0.594. The number of likely N-dealkylation sites (tertiary alicyclic amines) is 1. The fourth-order valence-electron chi connectivity index (χ4n) is 2.69. The van der Waals surface area contributed by atoms with Gasteiger partial charge in [0.05, 0.1) is 10.5 Å². The van der Waals surface area contributed by atoms with Crippen LogP contribution in [0.15, 0.2) is 11.4 Å². The average molecular weight is 282 g/mol. The van der Waals surface area contributed by atoms with Crippen LogP contribution in [0.3, 0.4) is 0 Å². The monoisotopic (exact) mass is 282 g/mol. The maximum absolute atomic E-state index is 11.3. The van der Waals surface area contributed by atoms with Gasteiger partial charge in [0.15, 0.2) is 5.78 Å². The number of carbonyl (C=O) groups is 1. The van der Waals surface area contributed by atoms with E-state index < -0.39 is 5.60 Å². The largest absolute Gasteiger partial charge is 0.387 e. The standard InChI is InChI=1S/C14H22N2O2S/c1-11(17)13-6-12(8-19-13)7-16-5-4-14(18,10-16)9-15(2)3/h6,8,18H,4-5,7,9-10H2,1-3H3/t14-/m0/s1. The Morgan fingerprint density at radius 2 is 2.32 bits per heavy atom. The summed E-state index contributed by atoms with van der Waals surface area (Å²) in [5.41, 5.74) is 0.576. The van der Waals surface area contributed by atoms with Gasteiger partial charge in [-0.3, -0.25) is 9.69 Å². The molecule has 1 aromatic heterocycles. The van der Waals surface area contributed by atoms with E-state index in [1.807, 2.05) is 30.4 Å². The van der Waals surface area contributed by atoms with E-state index in [-0.39, 0.29) is 5.78 Å². The zero-order chi connectivity index (χ0) is 14.0. The van der Waals surface area contributed by atoms with E-state index in [4.69, 9.17) is 0 Å². The highest BCUT2D eigenvalue weighted by Gasteiger charge is 2.36. The third-order valence-electron chi connectivity index (χ3n) is 3.43. The van der Waals surface area contributed by atoms with Gasteiger partial charge in [-0.05, 0) is 44.4 Å². The van der Waals surface area contributed by atoms with Crippen molar-refractivity contribution in [2.75, 3.05) is 33.7 Å². The van der Waals surface area contributed by atoms with E-state index in [0.717, 1.165) is 24.4 Å². The lowest BCUT2D eigenvalue weighted by molar-refractivity contribution is 0.0240. The van der Waals surface area contributed by atoms with Crippen LogP contribution in [-0.2, 0) is 6.54 Å². The number of thiophene rings is 1. The van der Waals surface area contributed by atoms with Gasteiger partial charge in [-0.15, -0.1) is 11.3 Å². The first kappa shape index (κ1) is 14.7. The van der Waals surface area contributed by atoms with Crippen LogP contribution in [0.4, 0.5) is 0 Å². The molecule has 1 aliphatic rings. The quantitative estimate of drug-likeness (QED) is 0.830. The van der Waals surface area contributed by atoms with E-state index in [9.17, 15) is 9.90 Å². The zero-order valence-corrected chi connectivity index (χ0v) is 12.7. The van der Waals surface area contributed by atoms with Crippen molar-refractivity contribution in [1.29, 1.82) is 0 Å². The Morgan fingerprint density at radius 3 is 2.89 bits per heavy atom. The number of Topliss-reactive ketones (excluding diaryl/α,β-unsaturated/α-hetero) is 1. The number of aliphatic hydroxyl groups is 1. The summed E-state index contributed by atoms with van der Waals surface area (Å²) in [6, 6.07) is 1.97. The molecule has 2 rings (SSSR count). The summed E-state index contributed by atoms with van der Waals surface area (Å²) in [5.74, 6) is 0.127. The average Bonchev–Trinajstić information content (AvgIpc) is 2.85. The van der Waals surface area contributed by atoms with Crippen LogP contribution in [0.25, 0.3) is 0 Å². The molecule has 0 bridgehead atoms. The number of ketones is 1. The summed E-state index contributed by atoms with van der Waals surface area (Å²) in [6.45, 7) is 4.73. The first-order chi connectivity index (χ1) is 8.88. The molecule has 0 aliphatic carbocycles. The molecule has 2 heterocycles. The number of rotatable bonds is 5. The molecule has 4 nitrogen and oxygen atoms in total. The second kappa shape index (κ2) is 5.71. The lowest BCUT2D eigenvalue weighted by Crippen LogP contribution is -2.42. The van der Waals surface area contributed by atoms with Crippen LogP contribution in [0.1, 0.15) is 28.6 Å². The van der Waals surface area contributed by atoms with Gasteiger partial charge in [0, 0.05) is 26.2 Å². The summed E-state index contributed by atoms with van der Waals surface area (Å²) in [7, 11) is 3.97. The maximum atomic E-state index is 11.3. The second-order valence-corrected chi connectivity index (χ2v) is 6.71. The fourth-order valence-corrected chi connectivity index (χ4v) is 3.50. The van der Waals surface area contributed by atoms with Crippen molar-refractivity contribution in [2.24, 2.45) is 0 Å². The molecule has 1 saturated heterocycles. The molecule has 19 heavy (non-hydrogen) atoms. The number of likely N-dealkylation sites (N-methyl/N-ethyl adjacent to an activating group) is 1. The molecule has 0 amide bonds. The molecule has 0 spiro atoms. The van der Waals surface area contributed by atoms with E-state index in [0.29, 0.717) is 13.1 Å². The molecule has 0 saturated carbocycles. The van der Waals surface area contributed by atoms with Crippen molar-refractivity contribution in [2.45, 2.75) is 25.5 Å². The highest BCUT2D eigenvalue weighted by atomic mass is 32.1. The Morgan fingerprint density at radius 1 is 1.58 bits per heavy atom. The van der Waals surface area contributed by atoms with Crippen molar-refractivity contribution in [3.8, 4) is 0 Å². The van der Waals surface area contributed by atoms with E-state index >= 15 is 0 Å². The number of β-amino-alcohol motifs (C(OH)–C–C–N with tert-alkyl or cyclic N) is 1. The zero-order valence-electron chi connectivity index (χ0n) is 11.8. The molecule has 0 unspecified atom stereocenters. The molecular weight excluding hydrogens is 260 g/mol. The molecule has 5 heteroatoms. The van der Waals surface area contributed by atoms with Crippen LogP contribution < -0.4 is 0 Å². The van der Waals surface area contributed by atoms with Gasteiger partial charge >= 0.3 is 0 Å². The van der Waals surface area contributed by atoms with E-state index in [2.05, 4.69) is 4.90 Å². The van der Waals surface area contributed by atoms with Gasteiger partial charge in [0.25, 0.3) is 0 Å². The minimum Gasteiger partial charge on any atom is -0.387 e. The molecule has 0 aromatic carbocycles. The predicted molar refractivity (Wildman–Crippen MR) is 77.7 cm³/mol. The van der Waals surface area contributed by atoms with Crippen LogP contribution in [0.2, 0.25) is 0 Å². The Hall–Kier alpha value is -0.750. The van der Waals surface area contributed by atoms with Crippen molar-refractivity contribution in [3.05, 3.63) is 21.9 Å². The fraction of sp³-hybridized carbons (Fsp3) is 0.643. The number of hydrogen-bond donors (Lipinski definition) is 1. The molecule has 1 fully saturated rings. The van der Waals surface area contributed by atoms with Crippen molar-refractivity contribution in [3.63, 3.8) is 0 Å².